The van der Waals surface area contributed by atoms with Crippen molar-refractivity contribution in [3.05, 3.63) is 71.7 Å². The Bertz CT molecular complexity index is 1100. The lowest BCUT2D eigenvalue weighted by molar-refractivity contribution is -0.174. The van der Waals surface area contributed by atoms with Gasteiger partial charge in [0.2, 0.25) is 0 Å². The molecule has 1 atom stereocenters. The molecule has 2 aliphatic rings. The van der Waals surface area contributed by atoms with E-state index >= 15 is 0 Å². The number of ether oxygens (including phenoxy) is 2. The topological polar surface area (TPSA) is 81.8 Å². The number of hydrogen-bond donors (Lipinski definition) is 1. The fourth-order valence-corrected chi connectivity index (χ4v) is 4.78. The smallest absolute Gasteiger partial charge is 0.251 e. The molecule has 4 heterocycles. The summed E-state index contributed by atoms with van der Waals surface area (Å²) in [5.41, 5.74) is 0.471. The van der Waals surface area contributed by atoms with Gasteiger partial charge in [-0.15, -0.1) is 0 Å². The zero-order valence-corrected chi connectivity index (χ0v) is 19.1. The number of nitrogens with zero attached hydrogens (tertiary/aromatic N) is 3. The van der Waals surface area contributed by atoms with Crippen LogP contribution < -0.4 is 10.1 Å². The normalized spacial score (nSPS) is 19.9. The number of rotatable bonds is 6. The van der Waals surface area contributed by atoms with E-state index in [0.29, 0.717) is 13.1 Å². The molecule has 174 valence electrons. The lowest BCUT2D eigenvalue weighted by atomic mass is 9.88. The van der Waals surface area contributed by atoms with Crippen molar-refractivity contribution < 1.29 is 18.7 Å². The van der Waals surface area contributed by atoms with Crippen LogP contribution in [0.1, 0.15) is 35.7 Å². The second kappa shape index (κ2) is 9.03. The minimum Gasteiger partial charge on any atom is -0.497 e. The average Bonchev–Trinajstić information content (AvgIpc) is 3.48. The number of carbonyl (C=O) groups is 1. The second-order valence-electron chi connectivity index (χ2n) is 8.86. The Morgan fingerprint density at radius 3 is 2.70 bits per heavy atom. The molecule has 0 bridgehead atoms. The van der Waals surface area contributed by atoms with Crippen LogP contribution in [0.2, 0.25) is 0 Å². The van der Waals surface area contributed by atoms with Gasteiger partial charge in [0, 0.05) is 32.0 Å². The predicted molar refractivity (Wildman–Crippen MR) is 122 cm³/mol. The summed E-state index contributed by atoms with van der Waals surface area (Å²) >= 11 is 0. The number of hydrogen-bond acceptors (Lipinski definition) is 6. The predicted octanol–water partition coefficient (Wildman–Crippen LogP) is 3.00. The van der Waals surface area contributed by atoms with Crippen LogP contribution in [0, 0.1) is 6.92 Å². The molecule has 8 nitrogen and oxygen atoms in total. The molecular formula is C25H30N4O4. The van der Waals surface area contributed by atoms with Gasteiger partial charge in [0.25, 0.3) is 5.91 Å². The number of methoxy groups -OCH3 is 1. The number of nitrogens with one attached hydrogen (secondary N) is 1. The van der Waals surface area contributed by atoms with Gasteiger partial charge in [-0.2, -0.15) is 0 Å². The van der Waals surface area contributed by atoms with Gasteiger partial charge in [0.05, 0.1) is 20.2 Å². The third-order valence-corrected chi connectivity index (χ3v) is 6.61. The average molecular weight is 451 g/mol. The molecule has 2 aliphatic heterocycles. The maximum Gasteiger partial charge on any atom is 0.251 e. The molecule has 1 aromatic carbocycles. The van der Waals surface area contributed by atoms with Crippen molar-refractivity contribution in [2.45, 2.75) is 51.1 Å². The fraction of sp³-hybridized carbons (Fsp3) is 0.440. The molecule has 5 rings (SSSR count). The van der Waals surface area contributed by atoms with Crippen LogP contribution in [-0.4, -0.2) is 46.7 Å². The van der Waals surface area contributed by atoms with Crippen LogP contribution in [0.15, 0.2) is 53.2 Å². The molecule has 0 aliphatic carbocycles. The van der Waals surface area contributed by atoms with Crippen molar-refractivity contribution in [3.63, 3.8) is 0 Å². The van der Waals surface area contributed by atoms with Crippen LogP contribution >= 0.6 is 0 Å². The van der Waals surface area contributed by atoms with Crippen LogP contribution in [0.3, 0.4) is 0 Å². The van der Waals surface area contributed by atoms with Gasteiger partial charge in [-0.05, 0) is 49.6 Å². The van der Waals surface area contributed by atoms with Gasteiger partial charge >= 0.3 is 0 Å². The van der Waals surface area contributed by atoms with Crippen molar-refractivity contribution >= 4 is 5.91 Å². The molecule has 0 radical (unpaired) electrons. The van der Waals surface area contributed by atoms with Gasteiger partial charge < -0.3 is 23.8 Å². The maximum atomic E-state index is 13.0. The fourth-order valence-electron chi connectivity index (χ4n) is 4.78. The van der Waals surface area contributed by atoms with Crippen LogP contribution in [0.4, 0.5) is 0 Å². The number of imidazole rings is 1. The van der Waals surface area contributed by atoms with E-state index in [0.717, 1.165) is 61.1 Å². The lowest BCUT2D eigenvalue weighted by Crippen LogP contribution is -2.53. The number of aryl methyl sites for hydroxylation is 1. The summed E-state index contributed by atoms with van der Waals surface area (Å²) in [6.45, 7) is 5.37. The number of fused-ring (bicyclic) bond motifs is 2. The zero-order chi connectivity index (χ0) is 22.8. The molecule has 8 heteroatoms. The summed E-state index contributed by atoms with van der Waals surface area (Å²) in [4.78, 5) is 20.0. The standard InChI is InChI=1S/C25H30N4O4/c1-18-3-6-21(32-18)16-28-12-9-25(10-13-28)24-26-11-14-29(24)17-22(33-25)23(30)27-15-19-4-7-20(31-2)8-5-19/h3-8,11,14,22H,9-10,12-13,15-17H2,1-2H3,(H,27,30). The molecule has 3 aromatic rings. The number of amides is 1. The van der Waals surface area contributed by atoms with Gasteiger partial charge in [-0.1, -0.05) is 12.1 Å². The van der Waals surface area contributed by atoms with E-state index in [1.807, 2.05) is 49.5 Å². The van der Waals surface area contributed by atoms with Gasteiger partial charge in [-0.3, -0.25) is 9.69 Å². The Kier molecular flexibility index (Phi) is 5.95. The van der Waals surface area contributed by atoms with E-state index in [9.17, 15) is 4.79 Å². The highest BCUT2D eigenvalue weighted by Gasteiger charge is 2.47. The number of likely N-dealkylation sites (tertiary alicyclic amines) is 1. The number of aromatic nitrogens is 2. The molecule has 0 saturated carbocycles. The van der Waals surface area contributed by atoms with Crippen molar-refractivity contribution in [1.29, 1.82) is 0 Å². The molecule has 1 saturated heterocycles. The van der Waals surface area contributed by atoms with E-state index in [4.69, 9.17) is 13.9 Å². The van der Waals surface area contributed by atoms with Crippen LogP contribution in [-0.2, 0) is 34.8 Å². The van der Waals surface area contributed by atoms with Gasteiger partial charge in [0.15, 0.2) is 6.10 Å². The number of benzene rings is 1. The van der Waals surface area contributed by atoms with E-state index in [2.05, 4.69) is 19.8 Å². The highest BCUT2D eigenvalue weighted by molar-refractivity contribution is 5.81. The first-order chi connectivity index (χ1) is 16.0. The molecule has 1 spiro atoms. The summed E-state index contributed by atoms with van der Waals surface area (Å²) in [7, 11) is 1.64. The zero-order valence-electron chi connectivity index (χ0n) is 19.1. The van der Waals surface area contributed by atoms with Gasteiger partial charge in [-0.25, -0.2) is 4.98 Å². The van der Waals surface area contributed by atoms with E-state index in [1.165, 1.54) is 0 Å². The quantitative estimate of drug-likeness (QED) is 0.622. The Morgan fingerprint density at radius 2 is 2.00 bits per heavy atom. The molecular weight excluding hydrogens is 420 g/mol. The summed E-state index contributed by atoms with van der Waals surface area (Å²) in [6, 6.07) is 11.7. The van der Waals surface area contributed by atoms with Crippen molar-refractivity contribution in [2.75, 3.05) is 20.2 Å². The SMILES string of the molecule is COc1ccc(CNC(=O)C2Cn3ccnc3C3(CCN(Cc4ccc(C)o4)CC3)O2)cc1. The third kappa shape index (κ3) is 4.54. The third-order valence-electron chi connectivity index (χ3n) is 6.61. The van der Waals surface area contributed by atoms with Crippen LogP contribution in [0.5, 0.6) is 5.75 Å². The molecule has 33 heavy (non-hydrogen) atoms. The lowest BCUT2D eigenvalue weighted by Gasteiger charge is -2.45. The Morgan fingerprint density at radius 1 is 1.21 bits per heavy atom. The summed E-state index contributed by atoms with van der Waals surface area (Å²) in [6.07, 6.45) is 4.76. The first-order valence-corrected chi connectivity index (χ1v) is 11.4. The van der Waals surface area contributed by atoms with E-state index in [1.54, 1.807) is 13.3 Å². The van der Waals surface area contributed by atoms with Crippen LogP contribution in [0.25, 0.3) is 0 Å². The summed E-state index contributed by atoms with van der Waals surface area (Å²) < 4.78 is 19.5. The number of piperidine rings is 1. The number of furan rings is 1. The Hall–Kier alpha value is -3.10. The maximum absolute atomic E-state index is 13.0. The number of carbonyl (C=O) groups excluding carboxylic acids is 1. The molecule has 1 fully saturated rings. The summed E-state index contributed by atoms with van der Waals surface area (Å²) in [5.74, 6) is 3.53. The second-order valence-corrected chi connectivity index (χ2v) is 8.86. The highest BCUT2D eigenvalue weighted by atomic mass is 16.5. The van der Waals surface area contributed by atoms with Crippen molar-refractivity contribution in [3.8, 4) is 5.75 Å². The first kappa shape index (κ1) is 21.7. The molecule has 1 unspecified atom stereocenters. The van der Waals surface area contributed by atoms with Crippen molar-refractivity contribution in [2.24, 2.45) is 0 Å². The van der Waals surface area contributed by atoms with Gasteiger partial charge in [0.1, 0.15) is 28.7 Å². The highest BCUT2D eigenvalue weighted by Crippen LogP contribution is 2.40. The Labute approximate surface area is 193 Å². The van der Waals surface area contributed by atoms with E-state index in [-0.39, 0.29) is 5.91 Å². The summed E-state index contributed by atoms with van der Waals surface area (Å²) in [5, 5.41) is 3.03. The first-order valence-electron chi connectivity index (χ1n) is 11.4. The minimum atomic E-state index is -0.552. The molecule has 2 aromatic heterocycles. The van der Waals surface area contributed by atoms with E-state index < -0.39 is 11.7 Å². The largest absolute Gasteiger partial charge is 0.497 e. The molecule has 1 N–H and O–H groups in total. The monoisotopic (exact) mass is 450 g/mol. The van der Waals surface area contributed by atoms with Crippen molar-refractivity contribution in [1.82, 2.24) is 19.8 Å². The molecule has 1 amide bonds. The Balaban J connectivity index is 1.24. The minimum absolute atomic E-state index is 0.0990.